The Morgan fingerprint density at radius 1 is 1.19 bits per heavy atom. The first kappa shape index (κ1) is 15.9. The van der Waals surface area contributed by atoms with Crippen molar-refractivity contribution >= 4 is 0 Å². The van der Waals surface area contributed by atoms with Gasteiger partial charge in [0.25, 0.3) is 0 Å². The Labute approximate surface area is 130 Å². The Balaban J connectivity index is 1.94. The van der Waals surface area contributed by atoms with Crippen LogP contribution in [0.2, 0.25) is 0 Å². The molecule has 21 heavy (non-hydrogen) atoms. The van der Waals surface area contributed by atoms with E-state index >= 15 is 0 Å². The first-order chi connectivity index (χ1) is 10.2. The SMILES string of the molecule is C=CCC(C)C#Cc1ccc(C2CCC(CC)CC2)cc1. The van der Waals surface area contributed by atoms with Gasteiger partial charge in [-0.2, -0.15) is 0 Å². The fraction of sp³-hybridized carbons (Fsp3) is 0.524. The monoisotopic (exact) mass is 280 g/mol. The van der Waals surface area contributed by atoms with E-state index in [0.717, 1.165) is 23.8 Å². The molecule has 1 aromatic rings. The Morgan fingerprint density at radius 3 is 2.43 bits per heavy atom. The first-order valence-electron chi connectivity index (χ1n) is 8.45. The molecule has 1 aromatic carbocycles. The molecule has 0 heterocycles. The Kier molecular flexibility index (Phi) is 6.12. The number of hydrogen-bond acceptors (Lipinski definition) is 0. The third-order valence-electron chi connectivity index (χ3n) is 4.79. The lowest BCUT2D eigenvalue weighted by atomic mass is 9.78. The summed E-state index contributed by atoms with van der Waals surface area (Å²) in [5.41, 5.74) is 2.64. The van der Waals surface area contributed by atoms with Crippen molar-refractivity contribution in [1.82, 2.24) is 0 Å². The average Bonchev–Trinajstić information content (AvgIpc) is 2.54. The highest BCUT2D eigenvalue weighted by Crippen LogP contribution is 2.36. The molecule has 0 heteroatoms. The molecule has 1 saturated carbocycles. The van der Waals surface area contributed by atoms with Gasteiger partial charge >= 0.3 is 0 Å². The minimum atomic E-state index is 0.395. The highest BCUT2D eigenvalue weighted by atomic mass is 14.3. The number of benzene rings is 1. The Bertz CT molecular complexity index is 489. The van der Waals surface area contributed by atoms with Crippen LogP contribution in [0.25, 0.3) is 0 Å². The highest BCUT2D eigenvalue weighted by Gasteiger charge is 2.20. The summed E-state index contributed by atoms with van der Waals surface area (Å²) in [4.78, 5) is 0. The van der Waals surface area contributed by atoms with E-state index in [1.807, 2.05) is 6.08 Å². The molecule has 2 rings (SSSR count). The maximum atomic E-state index is 3.76. The number of rotatable bonds is 4. The van der Waals surface area contributed by atoms with Gasteiger partial charge in [-0.05, 0) is 61.6 Å². The summed E-state index contributed by atoms with van der Waals surface area (Å²) in [6, 6.07) is 8.96. The van der Waals surface area contributed by atoms with Gasteiger partial charge in [-0.15, -0.1) is 6.58 Å². The van der Waals surface area contributed by atoms with Gasteiger partial charge in [0.05, 0.1) is 0 Å². The van der Waals surface area contributed by atoms with Gasteiger partial charge < -0.3 is 0 Å². The molecule has 1 unspecified atom stereocenters. The van der Waals surface area contributed by atoms with E-state index in [1.165, 1.54) is 37.7 Å². The van der Waals surface area contributed by atoms with Gasteiger partial charge in [0.15, 0.2) is 0 Å². The second-order valence-electron chi connectivity index (χ2n) is 6.44. The van der Waals surface area contributed by atoms with E-state index < -0.39 is 0 Å². The molecule has 1 fully saturated rings. The summed E-state index contributed by atoms with van der Waals surface area (Å²) >= 11 is 0. The van der Waals surface area contributed by atoms with Crippen LogP contribution in [0.3, 0.4) is 0 Å². The second kappa shape index (κ2) is 8.08. The van der Waals surface area contributed by atoms with Crippen molar-refractivity contribution in [2.45, 2.75) is 58.3 Å². The van der Waals surface area contributed by atoms with E-state index in [2.05, 4.69) is 56.5 Å². The van der Waals surface area contributed by atoms with E-state index in [4.69, 9.17) is 0 Å². The first-order valence-corrected chi connectivity index (χ1v) is 8.45. The van der Waals surface area contributed by atoms with E-state index in [-0.39, 0.29) is 0 Å². The molecule has 1 aliphatic carbocycles. The molecule has 112 valence electrons. The van der Waals surface area contributed by atoms with Crippen LogP contribution >= 0.6 is 0 Å². The molecule has 0 spiro atoms. The molecule has 0 nitrogen and oxygen atoms in total. The molecular weight excluding hydrogens is 252 g/mol. The van der Waals surface area contributed by atoms with Gasteiger partial charge in [0, 0.05) is 11.5 Å². The predicted octanol–water partition coefficient (Wildman–Crippen LogP) is 5.93. The van der Waals surface area contributed by atoms with Gasteiger partial charge in [0.1, 0.15) is 0 Å². The molecule has 0 bridgehead atoms. The fourth-order valence-corrected chi connectivity index (χ4v) is 3.26. The van der Waals surface area contributed by atoms with Crippen molar-refractivity contribution in [2.24, 2.45) is 11.8 Å². The highest BCUT2D eigenvalue weighted by molar-refractivity contribution is 5.37. The molecule has 0 radical (unpaired) electrons. The topological polar surface area (TPSA) is 0 Å². The van der Waals surface area contributed by atoms with Gasteiger partial charge in [-0.25, -0.2) is 0 Å². The molecule has 0 aromatic heterocycles. The summed E-state index contributed by atoms with van der Waals surface area (Å²) in [5, 5.41) is 0. The van der Waals surface area contributed by atoms with Gasteiger partial charge in [0.2, 0.25) is 0 Å². The second-order valence-corrected chi connectivity index (χ2v) is 6.44. The molecule has 0 N–H and O–H groups in total. The third kappa shape index (κ3) is 4.78. The Hall–Kier alpha value is -1.48. The minimum absolute atomic E-state index is 0.395. The lowest BCUT2D eigenvalue weighted by Gasteiger charge is -2.28. The zero-order valence-corrected chi connectivity index (χ0v) is 13.6. The maximum absolute atomic E-state index is 3.76. The van der Waals surface area contributed by atoms with Crippen LogP contribution in [0.15, 0.2) is 36.9 Å². The van der Waals surface area contributed by atoms with Crippen LogP contribution < -0.4 is 0 Å². The van der Waals surface area contributed by atoms with Crippen LogP contribution in [-0.2, 0) is 0 Å². The standard InChI is InChI=1S/C21H28/c1-4-6-17(3)7-8-19-11-15-21(16-12-19)20-13-9-18(5-2)10-14-20/h4,11-12,15-18,20H,1,5-6,9-10,13-14H2,2-3H3. The molecule has 1 aliphatic rings. The van der Waals surface area contributed by atoms with Crippen LogP contribution in [0.1, 0.15) is 69.4 Å². The molecule has 0 saturated heterocycles. The zero-order chi connectivity index (χ0) is 15.1. The molecule has 1 atom stereocenters. The molecular formula is C21H28. The number of hydrogen-bond donors (Lipinski definition) is 0. The lowest BCUT2D eigenvalue weighted by Crippen LogP contribution is -2.12. The summed E-state index contributed by atoms with van der Waals surface area (Å²) in [5.74, 6) is 8.71. The van der Waals surface area contributed by atoms with Crippen molar-refractivity contribution in [3.63, 3.8) is 0 Å². The van der Waals surface area contributed by atoms with Crippen molar-refractivity contribution in [1.29, 1.82) is 0 Å². The molecule has 0 aliphatic heterocycles. The van der Waals surface area contributed by atoms with E-state index in [0.29, 0.717) is 5.92 Å². The summed E-state index contributed by atoms with van der Waals surface area (Å²) in [7, 11) is 0. The number of allylic oxidation sites excluding steroid dienone is 1. The zero-order valence-electron chi connectivity index (χ0n) is 13.6. The normalized spacial score (nSPS) is 23.0. The van der Waals surface area contributed by atoms with Crippen molar-refractivity contribution in [2.75, 3.05) is 0 Å². The summed E-state index contributed by atoms with van der Waals surface area (Å²) in [6.07, 6.45) is 9.79. The van der Waals surface area contributed by atoms with Crippen LogP contribution in [0.5, 0.6) is 0 Å². The lowest BCUT2D eigenvalue weighted by molar-refractivity contribution is 0.319. The maximum Gasteiger partial charge on any atom is 0.0245 e. The fourth-order valence-electron chi connectivity index (χ4n) is 3.26. The van der Waals surface area contributed by atoms with Crippen molar-refractivity contribution < 1.29 is 0 Å². The van der Waals surface area contributed by atoms with E-state index in [9.17, 15) is 0 Å². The van der Waals surface area contributed by atoms with Crippen LogP contribution in [0.4, 0.5) is 0 Å². The van der Waals surface area contributed by atoms with Crippen molar-refractivity contribution in [3.05, 3.63) is 48.0 Å². The van der Waals surface area contributed by atoms with Crippen LogP contribution in [-0.4, -0.2) is 0 Å². The smallest absolute Gasteiger partial charge is 0.0245 e. The molecule has 0 amide bonds. The third-order valence-corrected chi connectivity index (χ3v) is 4.79. The van der Waals surface area contributed by atoms with Crippen LogP contribution in [0, 0.1) is 23.7 Å². The minimum Gasteiger partial charge on any atom is -0.103 e. The summed E-state index contributed by atoms with van der Waals surface area (Å²) < 4.78 is 0. The van der Waals surface area contributed by atoms with E-state index in [1.54, 1.807) is 0 Å². The Morgan fingerprint density at radius 2 is 1.86 bits per heavy atom. The van der Waals surface area contributed by atoms with Gasteiger partial charge in [-0.1, -0.05) is 50.3 Å². The summed E-state index contributed by atoms with van der Waals surface area (Å²) in [6.45, 7) is 8.24. The van der Waals surface area contributed by atoms with Crippen molar-refractivity contribution in [3.8, 4) is 11.8 Å². The average molecular weight is 280 g/mol. The quantitative estimate of drug-likeness (QED) is 0.473. The largest absolute Gasteiger partial charge is 0.103 e. The predicted molar refractivity (Wildman–Crippen MR) is 92.3 cm³/mol. The van der Waals surface area contributed by atoms with Gasteiger partial charge in [-0.3, -0.25) is 0 Å².